The van der Waals surface area contributed by atoms with Crippen LogP contribution in [0.4, 0.5) is 13.2 Å². The zero-order valence-electron chi connectivity index (χ0n) is 13.0. The summed E-state index contributed by atoms with van der Waals surface area (Å²) < 4.78 is 40.6. The van der Waals surface area contributed by atoms with Crippen LogP contribution >= 0.6 is 28.1 Å². The van der Waals surface area contributed by atoms with Crippen molar-refractivity contribution in [3.8, 4) is 0 Å². The Hall–Kier alpha value is -0.830. The smallest absolute Gasteiger partial charge is 0.363 e. The number of halogens is 4. The third kappa shape index (κ3) is 5.07. The third-order valence-corrected chi connectivity index (χ3v) is 4.46. The number of hydrogen-bond acceptors (Lipinski definition) is 2. The van der Waals surface area contributed by atoms with Gasteiger partial charge in [-0.2, -0.15) is 18.3 Å². The highest BCUT2D eigenvalue weighted by molar-refractivity contribution is 9.10. The molecule has 9 heteroatoms. The molecule has 130 valence electrons. The minimum absolute atomic E-state index is 0.0949. The predicted molar refractivity (Wildman–Crippen MR) is 90.4 cm³/mol. The molecule has 0 aliphatic heterocycles. The molecule has 0 bridgehead atoms. The van der Waals surface area contributed by atoms with Crippen molar-refractivity contribution in [1.29, 1.82) is 0 Å². The van der Waals surface area contributed by atoms with Crippen LogP contribution in [0.2, 0.25) is 0 Å². The van der Waals surface area contributed by atoms with E-state index in [9.17, 15) is 13.2 Å². The molecule has 1 aliphatic carbocycles. The van der Waals surface area contributed by atoms with E-state index >= 15 is 0 Å². The second kappa shape index (κ2) is 7.38. The zero-order valence-corrected chi connectivity index (χ0v) is 15.4. The molecule has 0 saturated heterocycles. The Balaban J connectivity index is 1.96. The number of nitrogens with zero attached hydrogens (tertiary/aromatic N) is 2. The highest BCUT2D eigenvalue weighted by Gasteiger charge is 2.41. The van der Waals surface area contributed by atoms with Crippen LogP contribution in [0.5, 0.6) is 0 Å². The lowest BCUT2D eigenvalue weighted by Gasteiger charge is -2.13. The average Bonchev–Trinajstić information content (AvgIpc) is 3.17. The van der Waals surface area contributed by atoms with Crippen LogP contribution < -0.4 is 10.6 Å². The van der Waals surface area contributed by atoms with Gasteiger partial charge in [0.2, 0.25) is 0 Å². The Bertz CT molecular complexity index is 567. The normalized spacial score (nSPS) is 15.1. The van der Waals surface area contributed by atoms with Crippen LogP contribution in [-0.4, -0.2) is 27.5 Å². The molecule has 2 N–H and O–H groups in total. The van der Waals surface area contributed by atoms with E-state index in [1.165, 1.54) is 4.68 Å². The summed E-state index contributed by atoms with van der Waals surface area (Å²) in [6.07, 6.45) is -1.95. The Morgan fingerprint density at radius 1 is 1.43 bits per heavy atom. The Morgan fingerprint density at radius 3 is 2.61 bits per heavy atom. The number of rotatable bonds is 6. The van der Waals surface area contributed by atoms with E-state index in [0.717, 1.165) is 12.8 Å². The Labute approximate surface area is 147 Å². The van der Waals surface area contributed by atoms with E-state index in [2.05, 4.69) is 31.7 Å². The van der Waals surface area contributed by atoms with Crippen LogP contribution in [-0.2, 0) is 12.7 Å². The molecular weight excluding hydrogens is 393 g/mol. The van der Waals surface area contributed by atoms with Crippen LogP contribution in [0.1, 0.15) is 50.4 Å². The second-order valence-electron chi connectivity index (χ2n) is 5.95. The van der Waals surface area contributed by atoms with Crippen molar-refractivity contribution in [2.75, 3.05) is 6.54 Å². The summed E-state index contributed by atoms with van der Waals surface area (Å²) >= 11 is 8.20. The molecule has 0 atom stereocenters. The molecule has 1 aromatic heterocycles. The SMILES string of the molecule is CC(C)NC(=S)NCCCn1nc(C(F)(F)F)c(Br)c1C1CC1. The lowest BCUT2D eigenvalue weighted by atomic mass is 10.2. The van der Waals surface area contributed by atoms with Gasteiger partial charge in [-0.05, 0) is 61.3 Å². The van der Waals surface area contributed by atoms with Crippen LogP contribution in [0.25, 0.3) is 0 Å². The number of nitrogens with one attached hydrogen (secondary N) is 2. The maximum atomic E-state index is 13.0. The first-order chi connectivity index (χ1) is 10.7. The number of alkyl halides is 3. The molecule has 1 saturated carbocycles. The number of hydrogen-bond donors (Lipinski definition) is 2. The van der Waals surface area contributed by atoms with E-state index < -0.39 is 11.9 Å². The van der Waals surface area contributed by atoms with Crippen molar-refractivity contribution in [2.24, 2.45) is 0 Å². The van der Waals surface area contributed by atoms with Gasteiger partial charge in [0, 0.05) is 25.0 Å². The van der Waals surface area contributed by atoms with Gasteiger partial charge in [0.1, 0.15) is 0 Å². The van der Waals surface area contributed by atoms with E-state index in [1.807, 2.05) is 13.8 Å². The van der Waals surface area contributed by atoms with E-state index in [-0.39, 0.29) is 16.4 Å². The van der Waals surface area contributed by atoms with E-state index in [0.29, 0.717) is 30.3 Å². The molecule has 0 unspecified atom stereocenters. The molecule has 1 aliphatic rings. The minimum Gasteiger partial charge on any atom is -0.363 e. The summed E-state index contributed by atoms with van der Waals surface area (Å²) in [5.41, 5.74) is -0.162. The summed E-state index contributed by atoms with van der Waals surface area (Å²) in [6.45, 7) is 4.98. The van der Waals surface area contributed by atoms with Gasteiger partial charge in [-0.1, -0.05) is 0 Å². The van der Waals surface area contributed by atoms with Crippen molar-refractivity contribution in [3.63, 3.8) is 0 Å². The first-order valence-corrected chi connectivity index (χ1v) is 8.78. The zero-order chi connectivity index (χ0) is 17.2. The quantitative estimate of drug-likeness (QED) is 0.550. The monoisotopic (exact) mass is 412 g/mol. The summed E-state index contributed by atoms with van der Waals surface area (Å²) in [7, 11) is 0. The predicted octanol–water partition coefficient (Wildman–Crippen LogP) is 3.80. The van der Waals surface area contributed by atoms with Crippen LogP contribution in [0.15, 0.2) is 4.47 Å². The topological polar surface area (TPSA) is 41.9 Å². The molecule has 23 heavy (non-hydrogen) atoms. The fourth-order valence-corrected chi connectivity index (χ4v) is 3.47. The summed E-state index contributed by atoms with van der Waals surface area (Å²) in [5.74, 6) is 0.185. The highest BCUT2D eigenvalue weighted by Crippen LogP contribution is 2.46. The van der Waals surface area contributed by atoms with Gasteiger partial charge in [0.05, 0.1) is 10.2 Å². The van der Waals surface area contributed by atoms with Crippen molar-refractivity contribution < 1.29 is 13.2 Å². The molecule has 0 spiro atoms. The maximum absolute atomic E-state index is 13.0. The molecular formula is C14H20BrF3N4S. The van der Waals surface area contributed by atoms with Gasteiger partial charge in [-0.15, -0.1) is 0 Å². The van der Waals surface area contributed by atoms with Gasteiger partial charge < -0.3 is 10.6 Å². The first-order valence-electron chi connectivity index (χ1n) is 7.58. The molecule has 1 aromatic rings. The minimum atomic E-state index is -4.44. The van der Waals surface area contributed by atoms with Gasteiger partial charge in [-0.3, -0.25) is 4.68 Å². The second-order valence-corrected chi connectivity index (χ2v) is 7.15. The lowest BCUT2D eigenvalue weighted by Crippen LogP contribution is -2.39. The third-order valence-electron chi connectivity index (χ3n) is 3.42. The molecule has 4 nitrogen and oxygen atoms in total. The Kier molecular flexibility index (Phi) is 5.94. The van der Waals surface area contributed by atoms with Crippen LogP contribution in [0, 0.1) is 0 Å². The van der Waals surface area contributed by atoms with Crippen molar-refractivity contribution >= 4 is 33.3 Å². The van der Waals surface area contributed by atoms with Crippen molar-refractivity contribution in [1.82, 2.24) is 20.4 Å². The summed E-state index contributed by atoms with van der Waals surface area (Å²) in [4.78, 5) is 0. The van der Waals surface area contributed by atoms with Gasteiger partial charge in [0.25, 0.3) is 0 Å². The molecule has 0 radical (unpaired) electrons. The van der Waals surface area contributed by atoms with Crippen molar-refractivity contribution in [2.45, 2.75) is 57.8 Å². The maximum Gasteiger partial charge on any atom is 0.436 e. The number of aryl methyl sites for hydroxylation is 1. The average molecular weight is 413 g/mol. The molecule has 1 heterocycles. The largest absolute Gasteiger partial charge is 0.436 e. The van der Waals surface area contributed by atoms with Crippen molar-refractivity contribution in [3.05, 3.63) is 15.9 Å². The van der Waals surface area contributed by atoms with Gasteiger partial charge in [0.15, 0.2) is 10.8 Å². The van der Waals surface area contributed by atoms with Gasteiger partial charge >= 0.3 is 6.18 Å². The molecule has 0 aromatic carbocycles. The number of thiocarbonyl (C=S) groups is 1. The fraction of sp³-hybridized carbons (Fsp3) is 0.714. The molecule has 0 amide bonds. The fourth-order valence-electron chi connectivity index (χ4n) is 2.30. The van der Waals surface area contributed by atoms with Crippen LogP contribution in [0.3, 0.4) is 0 Å². The number of aromatic nitrogens is 2. The highest BCUT2D eigenvalue weighted by atomic mass is 79.9. The molecule has 1 fully saturated rings. The summed E-state index contributed by atoms with van der Waals surface area (Å²) in [5, 5.41) is 10.4. The Morgan fingerprint density at radius 2 is 2.09 bits per heavy atom. The first kappa shape index (κ1) is 18.5. The van der Waals surface area contributed by atoms with E-state index in [1.54, 1.807) is 0 Å². The van der Waals surface area contributed by atoms with E-state index in [4.69, 9.17) is 12.2 Å². The lowest BCUT2D eigenvalue weighted by molar-refractivity contribution is -0.142. The summed E-state index contributed by atoms with van der Waals surface area (Å²) in [6, 6.07) is 0.243. The standard InChI is InChI=1S/C14H20BrF3N4S/c1-8(2)20-13(23)19-6-3-7-22-11(9-4-5-9)10(15)12(21-22)14(16,17)18/h8-9H,3-7H2,1-2H3,(H2,19,20,23). The molecule has 2 rings (SSSR count). The van der Waals surface area contributed by atoms with Gasteiger partial charge in [-0.25, -0.2) is 0 Å².